The van der Waals surface area contributed by atoms with Crippen LogP contribution in [-0.2, 0) is 6.54 Å². The predicted molar refractivity (Wildman–Crippen MR) is 100 cm³/mol. The van der Waals surface area contributed by atoms with Gasteiger partial charge in [-0.05, 0) is 42.0 Å². The van der Waals surface area contributed by atoms with Crippen LogP contribution in [0.2, 0.25) is 5.02 Å². The molecule has 1 aromatic heterocycles. The molecule has 0 bridgehead atoms. The molecule has 0 aliphatic carbocycles. The molecule has 1 heterocycles. The van der Waals surface area contributed by atoms with Gasteiger partial charge in [0.25, 0.3) is 0 Å². The molecule has 3 rings (SSSR count). The summed E-state index contributed by atoms with van der Waals surface area (Å²) in [6.07, 6.45) is -1.35. The Bertz CT molecular complexity index is 940. The van der Waals surface area contributed by atoms with Gasteiger partial charge in [-0.1, -0.05) is 29.8 Å². The lowest BCUT2D eigenvalue weighted by Crippen LogP contribution is -2.14. The van der Waals surface area contributed by atoms with Crippen LogP contribution in [0.4, 0.5) is 13.2 Å². The average Bonchev–Trinajstić information content (AvgIpc) is 2.64. The summed E-state index contributed by atoms with van der Waals surface area (Å²) in [4.78, 5) is 4.39. The molecule has 3 aromatic rings. The number of hydrogen-bond acceptors (Lipinski definition) is 3. The molecule has 0 amide bonds. The molecular formula is C20H16ClF3N2O. The molecule has 0 aliphatic heterocycles. The number of nitrogens with one attached hydrogen (secondary N) is 1. The molecule has 0 saturated carbocycles. The summed E-state index contributed by atoms with van der Waals surface area (Å²) >= 11 is 5.88. The molecule has 3 nitrogen and oxygen atoms in total. The summed E-state index contributed by atoms with van der Waals surface area (Å²) in [6.45, 7) is 0.524. The van der Waals surface area contributed by atoms with Crippen LogP contribution >= 0.6 is 11.6 Å². The summed E-state index contributed by atoms with van der Waals surface area (Å²) in [5, 5.41) is 4.46. The zero-order chi connectivity index (χ0) is 19.3. The van der Waals surface area contributed by atoms with E-state index in [9.17, 15) is 13.2 Å². The van der Waals surface area contributed by atoms with Crippen molar-refractivity contribution < 1.29 is 17.9 Å². The van der Waals surface area contributed by atoms with Crippen molar-refractivity contribution in [2.75, 3.05) is 6.54 Å². The van der Waals surface area contributed by atoms with Crippen LogP contribution in [0.3, 0.4) is 0 Å². The number of allylic oxidation sites excluding steroid dienone is 1. The Labute approximate surface area is 159 Å². The highest BCUT2D eigenvalue weighted by Gasteiger charge is 2.21. The molecule has 0 unspecified atom stereocenters. The molecule has 1 N–H and O–H groups in total. The maximum Gasteiger partial charge on any atom is 0.409 e. The van der Waals surface area contributed by atoms with Crippen LogP contribution in [0.15, 0.2) is 66.9 Å². The maximum atomic E-state index is 12.1. The van der Waals surface area contributed by atoms with Crippen molar-refractivity contribution in [3.05, 3.63) is 77.5 Å². The minimum atomic E-state index is -4.29. The number of alkyl halides is 3. The zero-order valence-electron chi connectivity index (χ0n) is 14.1. The molecule has 0 aliphatic rings. The van der Waals surface area contributed by atoms with Crippen molar-refractivity contribution in [2.24, 2.45) is 0 Å². The monoisotopic (exact) mass is 392 g/mol. The summed E-state index contributed by atoms with van der Waals surface area (Å²) in [7, 11) is 0. The molecule has 140 valence electrons. The van der Waals surface area contributed by atoms with Gasteiger partial charge in [0.2, 0.25) is 0 Å². The van der Waals surface area contributed by atoms with Crippen LogP contribution in [0.1, 0.15) is 5.56 Å². The van der Waals surface area contributed by atoms with Crippen LogP contribution in [0, 0.1) is 0 Å². The number of pyridine rings is 1. The Balaban J connectivity index is 1.76. The Morgan fingerprint density at radius 2 is 1.85 bits per heavy atom. The van der Waals surface area contributed by atoms with E-state index >= 15 is 0 Å². The van der Waals surface area contributed by atoms with Crippen molar-refractivity contribution in [1.29, 1.82) is 0 Å². The fourth-order valence-corrected chi connectivity index (χ4v) is 2.68. The highest BCUT2D eigenvalue weighted by atomic mass is 35.5. The normalized spacial score (nSPS) is 12.0. The van der Waals surface area contributed by atoms with Crippen molar-refractivity contribution >= 4 is 22.5 Å². The number of hydrogen-bond donors (Lipinski definition) is 1. The third-order valence-corrected chi connectivity index (χ3v) is 4.00. The first-order valence-electron chi connectivity index (χ1n) is 8.17. The Kier molecular flexibility index (Phi) is 5.98. The van der Waals surface area contributed by atoms with E-state index in [1.54, 1.807) is 36.5 Å². The van der Waals surface area contributed by atoms with Crippen LogP contribution in [0.5, 0.6) is 11.5 Å². The van der Waals surface area contributed by atoms with Crippen LogP contribution < -0.4 is 10.1 Å². The second kappa shape index (κ2) is 8.41. The second-order valence-electron chi connectivity index (χ2n) is 5.75. The number of fused-ring (bicyclic) bond motifs is 1. The van der Waals surface area contributed by atoms with E-state index in [1.807, 2.05) is 18.2 Å². The number of benzene rings is 2. The van der Waals surface area contributed by atoms with Gasteiger partial charge in [0, 0.05) is 35.8 Å². The molecule has 0 fully saturated rings. The van der Waals surface area contributed by atoms with E-state index in [0.717, 1.165) is 17.0 Å². The van der Waals surface area contributed by atoms with Gasteiger partial charge in [0.05, 0.1) is 0 Å². The SMILES string of the molecule is FC(F)(F)/C=C/CNCc1ccc(Oc2ccc(Cl)cc2)c2ncccc12. The molecule has 2 aromatic carbocycles. The Morgan fingerprint density at radius 3 is 2.59 bits per heavy atom. The number of ether oxygens (including phenoxy) is 1. The van der Waals surface area contributed by atoms with E-state index in [0.29, 0.717) is 28.6 Å². The van der Waals surface area contributed by atoms with E-state index in [-0.39, 0.29) is 12.6 Å². The molecule has 27 heavy (non-hydrogen) atoms. The van der Waals surface area contributed by atoms with Crippen molar-refractivity contribution in [1.82, 2.24) is 10.3 Å². The zero-order valence-corrected chi connectivity index (χ0v) is 14.9. The molecule has 0 atom stereocenters. The highest BCUT2D eigenvalue weighted by Crippen LogP contribution is 2.31. The standard InChI is InChI=1S/C20H16ClF3N2O/c21-15-5-7-16(8-6-15)27-18-9-4-14(17-3-1-12-26-19(17)18)13-25-11-2-10-20(22,23)24/h1-10,12,25H,11,13H2/b10-2+. The van der Waals surface area contributed by atoms with E-state index in [1.165, 1.54) is 0 Å². The van der Waals surface area contributed by atoms with Gasteiger partial charge in [-0.2, -0.15) is 13.2 Å². The summed E-state index contributed by atoms with van der Waals surface area (Å²) in [6, 6.07) is 14.4. The first kappa shape index (κ1) is 19.2. The molecule has 0 spiro atoms. The van der Waals surface area contributed by atoms with E-state index < -0.39 is 6.18 Å². The smallest absolute Gasteiger partial charge is 0.409 e. The number of nitrogens with zero attached hydrogens (tertiary/aromatic N) is 1. The Morgan fingerprint density at radius 1 is 1.07 bits per heavy atom. The van der Waals surface area contributed by atoms with Crippen molar-refractivity contribution in [2.45, 2.75) is 12.7 Å². The average molecular weight is 393 g/mol. The number of halogens is 4. The highest BCUT2D eigenvalue weighted by molar-refractivity contribution is 6.30. The van der Waals surface area contributed by atoms with Gasteiger partial charge in [-0.3, -0.25) is 4.98 Å². The fraction of sp³-hybridized carbons (Fsp3) is 0.150. The fourth-order valence-electron chi connectivity index (χ4n) is 2.55. The molecular weight excluding hydrogens is 377 g/mol. The lowest BCUT2D eigenvalue weighted by molar-refractivity contribution is -0.0800. The quantitative estimate of drug-likeness (QED) is 0.419. The van der Waals surface area contributed by atoms with Crippen LogP contribution in [0.25, 0.3) is 10.9 Å². The maximum absolute atomic E-state index is 12.1. The third kappa shape index (κ3) is 5.45. The number of rotatable bonds is 6. The van der Waals surface area contributed by atoms with Gasteiger partial charge in [-0.15, -0.1) is 0 Å². The van der Waals surface area contributed by atoms with E-state index in [2.05, 4.69) is 10.3 Å². The first-order valence-corrected chi connectivity index (χ1v) is 8.55. The molecule has 0 saturated heterocycles. The summed E-state index contributed by atoms with van der Waals surface area (Å²) in [5.74, 6) is 1.23. The summed E-state index contributed by atoms with van der Waals surface area (Å²) in [5.41, 5.74) is 1.60. The predicted octanol–water partition coefficient (Wildman–Crippen LogP) is 5.89. The molecule has 0 radical (unpaired) electrons. The van der Waals surface area contributed by atoms with Crippen molar-refractivity contribution in [3.63, 3.8) is 0 Å². The van der Waals surface area contributed by atoms with Crippen molar-refractivity contribution in [3.8, 4) is 11.5 Å². The minimum Gasteiger partial charge on any atom is -0.455 e. The van der Waals surface area contributed by atoms with Gasteiger partial charge < -0.3 is 10.1 Å². The van der Waals surface area contributed by atoms with Gasteiger partial charge in [0.1, 0.15) is 11.3 Å². The lowest BCUT2D eigenvalue weighted by atomic mass is 10.1. The first-order chi connectivity index (χ1) is 12.9. The second-order valence-corrected chi connectivity index (χ2v) is 6.19. The minimum absolute atomic E-state index is 0.115. The molecule has 7 heteroatoms. The van der Waals surface area contributed by atoms with Gasteiger partial charge in [-0.25, -0.2) is 0 Å². The Hall–Kier alpha value is -2.57. The third-order valence-electron chi connectivity index (χ3n) is 3.75. The van der Waals surface area contributed by atoms with Crippen LogP contribution in [-0.4, -0.2) is 17.7 Å². The number of aromatic nitrogens is 1. The van der Waals surface area contributed by atoms with Gasteiger partial charge in [0.15, 0.2) is 5.75 Å². The van der Waals surface area contributed by atoms with E-state index in [4.69, 9.17) is 16.3 Å². The largest absolute Gasteiger partial charge is 0.455 e. The lowest BCUT2D eigenvalue weighted by Gasteiger charge is -2.12. The summed E-state index contributed by atoms with van der Waals surface area (Å²) < 4.78 is 42.3. The topological polar surface area (TPSA) is 34.1 Å². The van der Waals surface area contributed by atoms with Gasteiger partial charge >= 0.3 is 6.18 Å².